The Hall–Kier alpha value is -0.180. The molecule has 3 heteroatoms. The van der Waals surface area contributed by atoms with Crippen molar-refractivity contribution in [2.24, 2.45) is 0 Å². The third kappa shape index (κ3) is 8.56. The summed E-state index contributed by atoms with van der Waals surface area (Å²) in [6.45, 7) is 2.27. The predicted molar refractivity (Wildman–Crippen MR) is 83.6 cm³/mol. The van der Waals surface area contributed by atoms with Gasteiger partial charge in [0, 0.05) is 16.9 Å². The lowest BCUT2D eigenvalue weighted by Crippen LogP contribution is -2.00. The molecule has 2 nitrogen and oxygen atoms in total. The van der Waals surface area contributed by atoms with Gasteiger partial charge in [-0.3, -0.25) is 4.79 Å². The molecule has 112 valence electrons. The first-order valence-corrected chi connectivity index (χ1v) is 8.94. The SMILES string of the molecule is CCCCCCCCC1SC1CCCCC(=O)OC. The average Bonchev–Trinajstić information content (AvgIpc) is 3.17. The van der Waals surface area contributed by atoms with E-state index in [4.69, 9.17) is 0 Å². The Bertz CT molecular complexity index is 243. The standard InChI is InChI=1S/C16H30O2S/c1-3-4-5-6-7-8-11-14-15(19-14)12-9-10-13-16(17)18-2/h14-15H,3-13H2,1-2H3. The molecule has 0 bridgehead atoms. The number of carbonyl (C=O) groups is 1. The number of hydrogen-bond acceptors (Lipinski definition) is 3. The number of esters is 1. The molecule has 1 saturated heterocycles. The smallest absolute Gasteiger partial charge is 0.305 e. The summed E-state index contributed by atoms with van der Waals surface area (Å²) < 4.78 is 4.64. The van der Waals surface area contributed by atoms with Crippen molar-refractivity contribution < 1.29 is 9.53 Å². The maximum absolute atomic E-state index is 11.0. The van der Waals surface area contributed by atoms with Gasteiger partial charge in [0.1, 0.15) is 0 Å². The predicted octanol–water partition coefficient (Wildman–Crippen LogP) is 4.95. The summed E-state index contributed by atoms with van der Waals surface area (Å²) in [4.78, 5) is 11.0. The highest BCUT2D eigenvalue weighted by Gasteiger charge is 2.36. The van der Waals surface area contributed by atoms with Gasteiger partial charge in [0.15, 0.2) is 0 Å². The zero-order chi connectivity index (χ0) is 13.9. The summed E-state index contributed by atoms with van der Waals surface area (Å²) in [5.41, 5.74) is 0. The molecular formula is C16H30O2S. The van der Waals surface area contributed by atoms with E-state index in [0.29, 0.717) is 6.42 Å². The summed E-state index contributed by atoms with van der Waals surface area (Å²) in [6.07, 6.45) is 13.9. The van der Waals surface area contributed by atoms with Crippen molar-refractivity contribution in [3.05, 3.63) is 0 Å². The Kier molecular flexibility index (Phi) is 9.40. The zero-order valence-electron chi connectivity index (χ0n) is 12.7. The number of rotatable bonds is 12. The van der Waals surface area contributed by atoms with Crippen LogP contribution in [-0.2, 0) is 9.53 Å². The van der Waals surface area contributed by atoms with Gasteiger partial charge in [-0.1, -0.05) is 51.9 Å². The second-order valence-electron chi connectivity index (χ2n) is 5.59. The normalized spacial score (nSPS) is 21.4. The molecule has 0 N–H and O–H groups in total. The summed E-state index contributed by atoms with van der Waals surface area (Å²) in [5.74, 6) is -0.0629. The Balaban J connectivity index is 1.82. The van der Waals surface area contributed by atoms with Gasteiger partial charge in [-0.2, -0.15) is 11.8 Å². The Labute approximate surface area is 123 Å². The van der Waals surface area contributed by atoms with Crippen LogP contribution in [0.5, 0.6) is 0 Å². The number of ether oxygens (including phenoxy) is 1. The van der Waals surface area contributed by atoms with E-state index in [1.807, 2.05) is 0 Å². The van der Waals surface area contributed by atoms with E-state index in [2.05, 4.69) is 23.4 Å². The minimum Gasteiger partial charge on any atom is -0.469 e. The number of unbranched alkanes of at least 4 members (excludes halogenated alkanes) is 6. The number of hydrogen-bond donors (Lipinski definition) is 0. The van der Waals surface area contributed by atoms with Crippen LogP contribution in [-0.4, -0.2) is 23.6 Å². The lowest BCUT2D eigenvalue weighted by atomic mass is 10.0. The van der Waals surface area contributed by atoms with E-state index in [1.165, 1.54) is 64.9 Å². The van der Waals surface area contributed by atoms with E-state index < -0.39 is 0 Å². The molecule has 2 atom stereocenters. The number of thioether (sulfide) groups is 1. The van der Waals surface area contributed by atoms with E-state index in [-0.39, 0.29) is 5.97 Å². The fraction of sp³-hybridized carbons (Fsp3) is 0.938. The Morgan fingerprint density at radius 1 is 0.947 bits per heavy atom. The first kappa shape index (κ1) is 16.9. The van der Waals surface area contributed by atoms with Gasteiger partial charge in [-0.15, -0.1) is 0 Å². The fourth-order valence-corrected chi connectivity index (χ4v) is 3.77. The molecule has 0 amide bonds. The second-order valence-corrected chi connectivity index (χ2v) is 7.07. The summed E-state index contributed by atoms with van der Waals surface area (Å²) in [7, 11) is 1.47. The molecule has 1 aliphatic heterocycles. The average molecular weight is 286 g/mol. The maximum Gasteiger partial charge on any atom is 0.305 e. The van der Waals surface area contributed by atoms with Crippen LogP contribution >= 0.6 is 11.8 Å². The number of methoxy groups -OCH3 is 1. The molecule has 0 aliphatic carbocycles. The highest BCUT2D eigenvalue weighted by atomic mass is 32.2. The van der Waals surface area contributed by atoms with Crippen molar-refractivity contribution in [3.63, 3.8) is 0 Å². The summed E-state index contributed by atoms with van der Waals surface area (Å²) >= 11 is 2.15. The van der Waals surface area contributed by atoms with Crippen LogP contribution in [0.1, 0.15) is 77.6 Å². The van der Waals surface area contributed by atoms with E-state index >= 15 is 0 Å². The molecule has 0 aromatic heterocycles. The molecular weight excluding hydrogens is 256 g/mol. The van der Waals surface area contributed by atoms with Crippen molar-refractivity contribution in [1.29, 1.82) is 0 Å². The van der Waals surface area contributed by atoms with Crippen LogP contribution in [0.25, 0.3) is 0 Å². The highest BCUT2D eigenvalue weighted by Crippen LogP contribution is 2.47. The molecule has 1 fully saturated rings. The summed E-state index contributed by atoms with van der Waals surface area (Å²) in [6, 6.07) is 0. The Morgan fingerprint density at radius 2 is 1.53 bits per heavy atom. The van der Waals surface area contributed by atoms with Crippen LogP contribution in [0.4, 0.5) is 0 Å². The molecule has 19 heavy (non-hydrogen) atoms. The molecule has 0 spiro atoms. The topological polar surface area (TPSA) is 26.3 Å². The fourth-order valence-electron chi connectivity index (χ4n) is 2.53. The van der Waals surface area contributed by atoms with Gasteiger partial charge in [-0.25, -0.2) is 0 Å². The molecule has 0 saturated carbocycles. The van der Waals surface area contributed by atoms with Crippen LogP contribution in [0.15, 0.2) is 0 Å². The van der Waals surface area contributed by atoms with Crippen LogP contribution in [0.3, 0.4) is 0 Å². The van der Waals surface area contributed by atoms with E-state index in [1.54, 1.807) is 0 Å². The molecule has 2 unspecified atom stereocenters. The van der Waals surface area contributed by atoms with E-state index in [0.717, 1.165) is 16.9 Å². The third-order valence-corrected chi connectivity index (χ3v) is 5.39. The highest BCUT2D eigenvalue weighted by molar-refractivity contribution is 8.07. The minimum atomic E-state index is -0.0629. The lowest BCUT2D eigenvalue weighted by molar-refractivity contribution is -0.140. The zero-order valence-corrected chi connectivity index (χ0v) is 13.5. The molecule has 1 heterocycles. The van der Waals surface area contributed by atoms with Crippen molar-refractivity contribution in [2.45, 2.75) is 88.1 Å². The van der Waals surface area contributed by atoms with Gasteiger partial charge < -0.3 is 4.74 Å². The largest absolute Gasteiger partial charge is 0.469 e. The first-order valence-electron chi connectivity index (χ1n) is 8.00. The molecule has 1 rings (SSSR count). The molecule has 1 aliphatic rings. The van der Waals surface area contributed by atoms with Gasteiger partial charge in [-0.05, 0) is 19.3 Å². The number of carbonyl (C=O) groups excluding carboxylic acids is 1. The van der Waals surface area contributed by atoms with Gasteiger partial charge >= 0.3 is 5.97 Å². The van der Waals surface area contributed by atoms with Gasteiger partial charge in [0.2, 0.25) is 0 Å². The van der Waals surface area contributed by atoms with Crippen molar-refractivity contribution in [2.75, 3.05) is 7.11 Å². The van der Waals surface area contributed by atoms with Gasteiger partial charge in [0.05, 0.1) is 7.11 Å². The van der Waals surface area contributed by atoms with Crippen molar-refractivity contribution in [1.82, 2.24) is 0 Å². The minimum absolute atomic E-state index is 0.0629. The van der Waals surface area contributed by atoms with Crippen molar-refractivity contribution in [3.8, 4) is 0 Å². The van der Waals surface area contributed by atoms with Crippen molar-refractivity contribution >= 4 is 17.7 Å². The van der Waals surface area contributed by atoms with Crippen LogP contribution in [0, 0.1) is 0 Å². The quantitative estimate of drug-likeness (QED) is 0.288. The molecule has 0 aromatic rings. The summed E-state index contributed by atoms with van der Waals surface area (Å²) in [5, 5.41) is 1.83. The van der Waals surface area contributed by atoms with Crippen LogP contribution in [0.2, 0.25) is 0 Å². The molecule has 0 radical (unpaired) electrons. The second kappa shape index (κ2) is 10.6. The third-order valence-electron chi connectivity index (χ3n) is 3.88. The molecule has 0 aromatic carbocycles. The van der Waals surface area contributed by atoms with E-state index in [9.17, 15) is 4.79 Å². The Morgan fingerprint density at radius 3 is 2.16 bits per heavy atom. The van der Waals surface area contributed by atoms with Gasteiger partial charge in [0.25, 0.3) is 0 Å². The lowest BCUT2D eigenvalue weighted by Gasteiger charge is -2.01. The maximum atomic E-state index is 11.0. The van der Waals surface area contributed by atoms with Crippen LogP contribution < -0.4 is 0 Å². The first-order chi connectivity index (χ1) is 9.27. The monoisotopic (exact) mass is 286 g/mol.